The number of aromatic nitrogens is 4. The number of hydrogen-bond acceptors (Lipinski definition) is 6. The Morgan fingerprint density at radius 3 is 2.63 bits per heavy atom. The second-order valence-electron chi connectivity index (χ2n) is 7.28. The highest BCUT2D eigenvalue weighted by Crippen LogP contribution is 2.18. The number of nitrogens with zero attached hydrogens (tertiary/aromatic N) is 5. The molecule has 1 saturated heterocycles. The second-order valence-corrected chi connectivity index (χ2v) is 7.28. The summed E-state index contributed by atoms with van der Waals surface area (Å²) in [5.41, 5.74) is 2.16. The molecule has 1 N–H and O–H groups in total. The van der Waals surface area contributed by atoms with Gasteiger partial charge in [0.05, 0.1) is 13.2 Å². The van der Waals surface area contributed by atoms with E-state index in [0.717, 1.165) is 51.3 Å². The Kier molecular flexibility index (Phi) is 5.74. The number of amides is 1. The molecule has 0 radical (unpaired) electrons. The monoisotopic (exact) mass is 370 g/mol. The van der Waals surface area contributed by atoms with E-state index in [4.69, 9.17) is 4.74 Å². The van der Waals surface area contributed by atoms with Crippen LogP contribution in [0.25, 0.3) is 11.4 Å². The third-order valence-electron chi connectivity index (χ3n) is 5.18. The summed E-state index contributed by atoms with van der Waals surface area (Å²) >= 11 is 0. The lowest BCUT2D eigenvalue weighted by Crippen LogP contribution is -2.35. The number of morpholine rings is 1. The van der Waals surface area contributed by atoms with Gasteiger partial charge < -0.3 is 10.1 Å². The minimum absolute atomic E-state index is 0.0493. The van der Waals surface area contributed by atoms with Gasteiger partial charge in [0, 0.05) is 31.2 Å². The predicted molar refractivity (Wildman–Crippen MR) is 99.7 cm³/mol. The molecule has 8 heteroatoms. The molecule has 1 saturated carbocycles. The van der Waals surface area contributed by atoms with Crippen LogP contribution in [0.3, 0.4) is 0 Å². The zero-order chi connectivity index (χ0) is 18.5. The molecule has 1 aromatic heterocycles. The SMILES string of the molecule is O=C(Cn1nnc(-c2ccc(CN3CCOCC3)cc2)n1)NC1CCCC1. The van der Waals surface area contributed by atoms with Crippen molar-refractivity contribution >= 4 is 5.91 Å². The summed E-state index contributed by atoms with van der Waals surface area (Å²) in [6, 6.07) is 8.52. The summed E-state index contributed by atoms with van der Waals surface area (Å²) in [7, 11) is 0. The van der Waals surface area contributed by atoms with Gasteiger partial charge in [-0.05, 0) is 23.6 Å². The Bertz CT molecular complexity index is 748. The lowest BCUT2D eigenvalue weighted by Gasteiger charge is -2.26. The normalized spacial score (nSPS) is 18.7. The standard InChI is InChI=1S/C19H26N6O2/c26-18(20-17-3-1-2-4-17)14-25-22-19(21-23-25)16-7-5-15(6-8-16)13-24-9-11-27-12-10-24/h5-8,17H,1-4,9-14H2,(H,20,26). The lowest BCUT2D eigenvalue weighted by atomic mass is 10.1. The third-order valence-corrected chi connectivity index (χ3v) is 5.18. The van der Waals surface area contributed by atoms with Gasteiger partial charge in [0.25, 0.3) is 0 Å². The van der Waals surface area contributed by atoms with E-state index in [9.17, 15) is 4.79 Å². The first-order valence-electron chi connectivity index (χ1n) is 9.73. The number of tetrazole rings is 1. The second kappa shape index (κ2) is 8.58. The Morgan fingerprint density at radius 1 is 1.15 bits per heavy atom. The first-order valence-corrected chi connectivity index (χ1v) is 9.73. The van der Waals surface area contributed by atoms with E-state index in [2.05, 4.69) is 37.8 Å². The molecular formula is C19H26N6O2. The van der Waals surface area contributed by atoms with Gasteiger partial charge in [0.15, 0.2) is 0 Å². The Balaban J connectivity index is 1.32. The van der Waals surface area contributed by atoms with Gasteiger partial charge in [-0.3, -0.25) is 9.69 Å². The zero-order valence-corrected chi connectivity index (χ0v) is 15.5. The van der Waals surface area contributed by atoms with Crippen molar-refractivity contribution in [2.75, 3.05) is 26.3 Å². The van der Waals surface area contributed by atoms with Gasteiger partial charge >= 0.3 is 0 Å². The topological polar surface area (TPSA) is 85.2 Å². The maximum atomic E-state index is 12.1. The van der Waals surface area contributed by atoms with Crippen molar-refractivity contribution < 1.29 is 9.53 Å². The summed E-state index contributed by atoms with van der Waals surface area (Å²) in [6.45, 7) is 4.59. The van der Waals surface area contributed by atoms with Crippen LogP contribution in [0.15, 0.2) is 24.3 Å². The van der Waals surface area contributed by atoms with Gasteiger partial charge in [-0.25, -0.2) is 0 Å². The quantitative estimate of drug-likeness (QED) is 0.823. The number of hydrogen-bond donors (Lipinski definition) is 1. The van der Waals surface area contributed by atoms with Crippen LogP contribution in [0.1, 0.15) is 31.2 Å². The summed E-state index contributed by atoms with van der Waals surface area (Å²) in [5, 5.41) is 15.5. The Hall–Kier alpha value is -2.32. The van der Waals surface area contributed by atoms with Crippen molar-refractivity contribution in [2.45, 2.75) is 44.8 Å². The van der Waals surface area contributed by atoms with E-state index in [1.807, 2.05) is 12.1 Å². The minimum Gasteiger partial charge on any atom is -0.379 e. The van der Waals surface area contributed by atoms with Crippen LogP contribution in [0.4, 0.5) is 0 Å². The van der Waals surface area contributed by atoms with Crippen LogP contribution >= 0.6 is 0 Å². The molecule has 0 unspecified atom stereocenters. The van der Waals surface area contributed by atoms with E-state index in [0.29, 0.717) is 11.9 Å². The number of nitrogens with one attached hydrogen (secondary N) is 1. The Morgan fingerprint density at radius 2 is 1.89 bits per heavy atom. The maximum absolute atomic E-state index is 12.1. The van der Waals surface area contributed by atoms with Gasteiger partial charge in [0.1, 0.15) is 6.54 Å². The third kappa shape index (κ3) is 4.90. The fraction of sp³-hybridized carbons (Fsp3) is 0.579. The molecule has 1 aromatic carbocycles. The van der Waals surface area contributed by atoms with E-state index in [-0.39, 0.29) is 12.5 Å². The number of benzene rings is 1. The first kappa shape index (κ1) is 18.1. The highest BCUT2D eigenvalue weighted by atomic mass is 16.5. The van der Waals surface area contributed by atoms with Crippen LogP contribution in [0.2, 0.25) is 0 Å². The fourth-order valence-corrected chi connectivity index (χ4v) is 3.67. The van der Waals surface area contributed by atoms with Crippen LogP contribution in [-0.4, -0.2) is 63.4 Å². The fourth-order valence-electron chi connectivity index (χ4n) is 3.67. The first-order chi connectivity index (χ1) is 13.3. The van der Waals surface area contributed by atoms with Crippen LogP contribution in [0, 0.1) is 0 Å². The molecule has 2 aliphatic rings. The predicted octanol–water partition coefficient (Wildman–Crippen LogP) is 1.23. The molecule has 8 nitrogen and oxygen atoms in total. The number of ether oxygens (including phenoxy) is 1. The molecule has 2 aromatic rings. The highest BCUT2D eigenvalue weighted by molar-refractivity contribution is 5.75. The molecule has 2 fully saturated rings. The van der Waals surface area contributed by atoms with Crippen molar-refractivity contribution in [1.29, 1.82) is 0 Å². The summed E-state index contributed by atoms with van der Waals surface area (Å²) in [6.07, 6.45) is 4.52. The van der Waals surface area contributed by atoms with Gasteiger partial charge in [-0.15, -0.1) is 10.2 Å². The van der Waals surface area contributed by atoms with E-state index in [1.165, 1.54) is 23.2 Å². The molecule has 1 aliphatic heterocycles. The molecule has 144 valence electrons. The number of rotatable bonds is 6. The van der Waals surface area contributed by atoms with Gasteiger partial charge in [-0.2, -0.15) is 4.80 Å². The lowest BCUT2D eigenvalue weighted by molar-refractivity contribution is -0.122. The summed E-state index contributed by atoms with van der Waals surface area (Å²) in [4.78, 5) is 15.8. The number of carbonyl (C=O) groups excluding carboxylic acids is 1. The minimum atomic E-state index is -0.0493. The summed E-state index contributed by atoms with van der Waals surface area (Å²) < 4.78 is 5.39. The molecule has 4 rings (SSSR count). The number of carbonyl (C=O) groups is 1. The van der Waals surface area contributed by atoms with E-state index < -0.39 is 0 Å². The molecule has 1 aliphatic carbocycles. The molecule has 0 atom stereocenters. The van der Waals surface area contributed by atoms with Crippen molar-refractivity contribution in [2.24, 2.45) is 0 Å². The van der Waals surface area contributed by atoms with Crippen molar-refractivity contribution in [1.82, 2.24) is 30.4 Å². The zero-order valence-electron chi connectivity index (χ0n) is 15.5. The van der Waals surface area contributed by atoms with Crippen LogP contribution < -0.4 is 5.32 Å². The molecular weight excluding hydrogens is 344 g/mol. The summed E-state index contributed by atoms with van der Waals surface area (Å²) in [5.74, 6) is 0.494. The molecule has 1 amide bonds. The van der Waals surface area contributed by atoms with E-state index in [1.54, 1.807) is 0 Å². The molecule has 0 spiro atoms. The Labute approximate surface area is 158 Å². The van der Waals surface area contributed by atoms with Crippen molar-refractivity contribution in [3.63, 3.8) is 0 Å². The largest absolute Gasteiger partial charge is 0.379 e. The van der Waals surface area contributed by atoms with Gasteiger partial charge in [-0.1, -0.05) is 37.1 Å². The van der Waals surface area contributed by atoms with Gasteiger partial charge in [0.2, 0.25) is 11.7 Å². The molecule has 2 heterocycles. The smallest absolute Gasteiger partial charge is 0.243 e. The average Bonchev–Trinajstić information content (AvgIpc) is 3.35. The van der Waals surface area contributed by atoms with Crippen LogP contribution in [0.5, 0.6) is 0 Å². The average molecular weight is 370 g/mol. The van der Waals surface area contributed by atoms with Crippen molar-refractivity contribution in [3.05, 3.63) is 29.8 Å². The maximum Gasteiger partial charge on any atom is 0.243 e. The highest BCUT2D eigenvalue weighted by Gasteiger charge is 2.18. The van der Waals surface area contributed by atoms with E-state index >= 15 is 0 Å². The molecule has 0 bridgehead atoms. The molecule has 27 heavy (non-hydrogen) atoms. The van der Waals surface area contributed by atoms with Crippen molar-refractivity contribution in [3.8, 4) is 11.4 Å². The van der Waals surface area contributed by atoms with Crippen LogP contribution in [-0.2, 0) is 22.6 Å².